The van der Waals surface area contributed by atoms with E-state index < -0.39 is 0 Å². The number of carbonyl (C=O) groups is 1. The zero-order valence-corrected chi connectivity index (χ0v) is 14.3. The zero-order chi connectivity index (χ0) is 15.8. The maximum absolute atomic E-state index is 12.3. The number of rotatable bonds is 2. The molecule has 0 saturated heterocycles. The number of hydrogen-bond acceptors (Lipinski definition) is 2. The van der Waals surface area contributed by atoms with Gasteiger partial charge in [0.15, 0.2) is 0 Å². The van der Waals surface area contributed by atoms with Gasteiger partial charge in [-0.2, -0.15) is 0 Å². The van der Waals surface area contributed by atoms with Gasteiger partial charge in [-0.15, -0.1) is 0 Å². The van der Waals surface area contributed by atoms with E-state index in [0.717, 1.165) is 28.0 Å². The Kier molecular flexibility index (Phi) is 3.41. The Labute approximate surface area is 140 Å². The van der Waals surface area contributed by atoms with Crippen LogP contribution in [0, 0.1) is 0 Å². The van der Waals surface area contributed by atoms with Crippen molar-refractivity contribution in [2.45, 2.75) is 0 Å². The van der Waals surface area contributed by atoms with Crippen LogP contribution in [0.2, 0.25) is 0 Å². The van der Waals surface area contributed by atoms with Crippen LogP contribution >= 0.6 is 0 Å². The Morgan fingerprint density at radius 2 is 1.83 bits per heavy atom. The normalized spacial score (nSPS) is 19.0. The van der Waals surface area contributed by atoms with Crippen molar-refractivity contribution in [1.82, 2.24) is 0 Å². The predicted molar refractivity (Wildman–Crippen MR) is 95.9 cm³/mol. The number of allylic oxidation sites excluding steroid dienone is 4. The number of phenols is 1. The number of phenolic OH excluding ortho intramolecular Hbond substituents is 1. The summed E-state index contributed by atoms with van der Waals surface area (Å²) in [6.45, 7) is 0. The van der Waals surface area contributed by atoms with Gasteiger partial charge < -0.3 is 0 Å². The standard InChI is InChI=1S/C19H15NO2Se/c21-14-6-3-12(4-7-14)13-5-8-16-17(11-15-2-1-9-23-15)19(22)20-18(16)10-13/h1-11,21H,23H2,(H,20,22)/b17-11-. The third kappa shape index (κ3) is 2.63. The summed E-state index contributed by atoms with van der Waals surface area (Å²) in [4.78, 5) is 14.5. The van der Waals surface area contributed by atoms with E-state index in [2.05, 4.69) is 22.4 Å². The van der Waals surface area contributed by atoms with Crippen LogP contribution < -0.4 is 5.32 Å². The van der Waals surface area contributed by atoms with E-state index in [1.165, 1.54) is 4.47 Å². The SMILES string of the molecule is O=C1Nc2cc(-c3ccc(O)cc3)ccc2/C1=C/C1=CC=C[SeH2]1. The van der Waals surface area contributed by atoms with Gasteiger partial charge in [-0.1, -0.05) is 0 Å². The first kappa shape index (κ1) is 14.1. The first-order chi connectivity index (χ1) is 11.2. The number of hydrogen-bond donors (Lipinski definition) is 2. The van der Waals surface area contributed by atoms with Crippen LogP contribution in [0.4, 0.5) is 5.69 Å². The van der Waals surface area contributed by atoms with Crippen molar-refractivity contribution in [3.05, 3.63) is 75.7 Å². The Hall–Kier alpha value is -2.55. The Bertz CT molecular complexity index is 892. The molecule has 0 fully saturated rings. The molecule has 0 aliphatic carbocycles. The van der Waals surface area contributed by atoms with Crippen molar-refractivity contribution in [3.8, 4) is 16.9 Å². The monoisotopic (exact) mass is 369 g/mol. The summed E-state index contributed by atoms with van der Waals surface area (Å²) >= 11 is -0.230. The summed E-state index contributed by atoms with van der Waals surface area (Å²) < 4.78 is 1.27. The van der Waals surface area contributed by atoms with E-state index in [1.807, 2.05) is 36.4 Å². The van der Waals surface area contributed by atoms with Gasteiger partial charge in [0.25, 0.3) is 0 Å². The second-order valence-corrected chi connectivity index (χ2v) is 7.96. The quantitative estimate of drug-likeness (QED) is 0.633. The molecule has 0 atom stereocenters. The van der Waals surface area contributed by atoms with Gasteiger partial charge in [0.05, 0.1) is 0 Å². The van der Waals surface area contributed by atoms with Crippen LogP contribution in [0.3, 0.4) is 0 Å². The Balaban J connectivity index is 1.72. The molecule has 0 saturated carbocycles. The van der Waals surface area contributed by atoms with E-state index in [4.69, 9.17) is 0 Å². The molecule has 4 heteroatoms. The van der Waals surface area contributed by atoms with Gasteiger partial charge in [0.2, 0.25) is 0 Å². The first-order valence-electron chi connectivity index (χ1n) is 7.31. The molecule has 0 spiro atoms. The number of amides is 1. The van der Waals surface area contributed by atoms with Crippen molar-refractivity contribution in [1.29, 1.82) is 0 Å². The van der Waals surface area contributed by atoms with Crippen LogP contribution in [-0.4, -0.2) is 26.0 Å². The molecule has 2 heterocycles. The summed E-state index contributed by atoms with van der Waals surface area (Å²) in [7, 11) is 0. The molecule has 23 heavy (non-hydrogen) atoms. The van der Waals surface area contributed by atoms with Gasteiger partial charge in [-0.05, 0) is 0 Å². The van der Waals surface area contributed by atoms with E-state index in [-0.39, 0.29) is 26.6 Å². The minimum absolute atomic E-state index is 0.0396. The molecule has 4 rings (SSSR count). The minimum atomic E-state index is -0.230. The van der Waals surface area contributed by atoms with E-state index >= 15 is 0 Å². The summed E-state index contributed by atoms with van der Waals surface area (Å²) in [5, 5.41) is 12.3. The van der Waals surface area contributed by atoms with Gasteiger partial charge in [0, 0.05) is 0 Å². The van der Waals surface area contributed by atoms with E-state index in [9.17, 15) is 9.90 Å². The van der Waals surface area contributed by atoms with Gasteiger partial charge in [-0.3, -0.25) is 0 Å². The molecule has 2 aliphatic heterocycles. The van der Waals surface area contributed by atoms with Gasteiger partial charge in [0.1, 0.15) is 0 Å². The average molecular weight is 368 g/mol. The van der Waals surface area contributed by atoms with Crippen molar-refractivity contribution in [2.75, 3.05) is 5.32 Å². The molecule has 1 amide bonds. The fourth-order valence-corrected chi connectivity index (χ4v) is 4.45. The molecule has 2 aromatic rings. The molecule has 2 N–H and O–H groups in total. The Morgan fingerprint density at radius 1 is 1.04 bits per heavy atom. The number of nitrogens with one attached hydrogen (secondary N) is 1. The van der Waals surface area contributed by atoms with E-state index in [0.29, 0.717) is 0 Å². The second-order valence-electron chi connectivity index (χ2n) is 5.44. The molecule has 3 nitrogen and oxygen atoms in total. The third-order valence-electron chi connectivity index (χ3n) is 3.93. The average Bonchev–Trinajstić information content (AvgIpc) is 3.16. The zero-order valence-electron chi connectivity index (χ0n) is 12.2. The van der Waals surface area contributed by atoms with Gasteiger partial charge in [-0.25, -0.2) is 0 Å². The van der Waals surface area contributed by atoms with Gasteiger partial charge >= 0.3 is 140 Å². The molecule has 2 aliphatic rings. The third-order valence-corrected chi connectivity index (χ3v) is 6.03. The molecule has 2 aromatic carbocycles. The molecular weight excluding hydrogens is 353 g/mol. The fourth-order valence-electron chi connectivity index (χ4n) is 2.76. The van der Waals surface area contributed by atoms with Crippen LogP contribution in [0.5, 0.6) is 5.75 Å². The molecule has 114 valence electrons. The number of benzene rings is 2. The number of carbonyl (C=O) groups excluding carboxylic acids is 1. The number of anilines is 1. The van der Waals surface area contributed by atoms with E-state index in [1.54, 1.807) is 12.1 Å². The topological polar surface area (TPSA) is 49.3 Å². The molecule has 0 bridgehead atoms. The predicted octanol–water partition coefficient (Wildman–Crippen LogP) is 2.97. The van der Waals surface area contributed by atoms with Crippen molar-refractivity contribution in [3.63, 3.8) is 0 Å². The van der Waals surface area contributed by atoms with Crippen LogP contribution in [0.1, 0.15) is 5.56 Å². The summed E-state index contributed by atoms with van der Waals surface area (Å²) in [6, 6.07) is 13.0. The molecule has 0 unspecified atom stereocenters. The van der Waals surface area contributed by atoms with Crippen LogP contribution in [-0.2, 0) is 4.79 Å². The van der Waals surface area contributed by atoms with Crippen LogP contribution in [0.25, 0.3) is 16.7 Å². The van der Waals surface area contributed by atoms with Crippen molar-refractivity contribution < 1.29 is 9.90 Å². The number of aromatic hydroxyl groups is 1. The summed E-state index contributed by atoms with van der Waals surface area (Å²) in [5.74, 6) is 0.206. The molecular formula is C19H15NO2Se. The Morgan fingerprint density at radius 3 is 2.57 bits per heavy atom. The summed E-state index contributed by atoms with van der Waals surface area (Å²) in [5.41, 5.74) is 4.57. The molecule has 0 aromatic heterocycles. The second kappa shape index (κ2) is 5.58. The maximum atomic E-state index is 12.3. The number of fused-ring (bicyclic) bond motifs is 1. The van der Waals surface area contributed by atoms with Crippen molar-refractivity contribution >= 4 is 32.1 Å². The first-order valence-corrected chi connectivity index (χ1v) is 9.57. The summed E-state index contributed by atoms with van der Waals surface area (Å²) in [6.07, 6.45) is 6.17. The van der Waals surface area contributed by atoms with Crippen molar-refractivity contribution in [2.24, 2.45) is 0 Å². The fraction of sp³-hybridized carbons (Fsp3) is 0. The van der Waals surface area contributed by atoms with Crippen LogP contribution in [0.15, 0.2) is 70.1 Å². The molecule has 0 radical (unpaired) electrons.